The molecule has 4 nitrogen and oxygen atoms in total. The van der Waals surface area contributed by atoms with Gasteiger partial charge in [-0.05, 0) is 12.0 Å². The van der Waals surface area contributed by atoms with Crippen LogP contribution in [-0.4, -0.2) is 24.4 Å². The lowest BCUT2D eigenvalue weighted by Crippen LogP contribution is -2.24. The SMILES string of the molecule is CC(C)CN(C)c1nccc(C(=N)N)c1Cl. The summed E-state index contributed by atoms with van der Waals surface area (Å²) in [5.74, 6) is 1.15. The summed E-state index contributed by atoms with van der Waals surface area (Å²) in [6, 6.07) is 1.65. The van der Waals surface area contributed by atoms with E-state index in [1.165, 1.54) is 0 Å². The van der Waals surface area contributed by atoms with Gasteiger partial charge in [-0.15, -0.1) is 0 Å². The van der Waals surface area contributed by atoms with E-state index >= 15 is 0 Å². The van der Waals surface area contributed by atoms with Gasteiger partial charge in [-0.25, -0.2) is 4.98 Å². The highest BCUT2D eigenvalue weighted by Crippen LogP contribution is 2.26. The monoisotopic (exact) mass is 240 g/mol. The number of halogens is 1. The summed E-state index contributed by atoms with van der Waals surface area (Å²) in [7, 11) is 1.93. The molecule has 0 spiro atoms. The van der Waals surface area contributed by atoms with Crippen molar-refractivity contribution in [1.29, 1.82) is 5.41 Å². The van der Waals surface area contributed by atoms with Gasteiger partial charge in [0.2, 0.25) is 0 Å². The number of nitrogens with two attached hydrogens (primary N) is 1. The molecule has 0 aliphatic carbocycles. The lowest BCUT2D eigenvalue weighted by molar-refractivity contribution is 0.635. The van der Waals surface area contributed by atoms with Gasteiger partial charge in [0.25, 0.3) is 0 Å². The van der Waals surface area contributed by atoms with Crippen molar-refractivity contribution in [2.24, 2.45) is 11.7 Å². The van der Waals surface area contributed by atoms with Crippen LogP contribution in [0.3, 0.4) is 0 Å². The summed E-state index contributed by atoms with van der Waals surface area (Å²) in [6.45, 7) is 5.10. The van der Waals surface area contributed by atoms with Crippen LogP contribution in [-0.2, 0) is 0 Å². The van der Waals surface area contributed by atoms with E-state index in [1.807, 2.05) is 11.9 Å². The Morgan fingerprint density at radius 2 is 2.25 bits per heavy atom. The van der Waals surface area contributed by atoms with Gasteiger partial charge >= 0.3 is 0 Å². The first-order chi connectivity index (χ1) is 7.43. The largest absolute Gasteiger partial charge is 0.384 e. The molecule has 3 N–H and O–H groups in total. The molecule has 0 radical (unpaired) electrons. The summed E-state index contributed by atoms with van der Waals surface area (Å²) in [5, 5.41) is 7.85. The molecule has 0 atom stereocenters. The Morgan fingerprint density at radius 1 is 1.62 bits per heavy atom. The second-order valence-corrected chi connectivity index (χ2v) is 4.56. The molecule has 1 aromatic rings. The maximum Gasteiger partial charge on any atom is 0.147 e. The molecule has 0 aromatic carbocycles. The van der Waals surface area contributed by atoms with Gasteiger partial charge in [-0.2, -0.15) is 0 Å². The van der Waals surface area contributed by atoms with Crippen LogP contribution in [0, 0.1) is 11.3 Å². The fraction of sp³-hybridized carbons (Fsp3) is 0.455. The first kappa shape index (κ1) is 12.8. The van der Waals surface area contributed by atoms with E-state index in [-0.39, 0.29) is 5.84 Å². The van der Waals surface area contributed by atoms with E-state index in [0.717, 1.165) is 6.54 Å². The lowest BCUT2D eigenvalue weighted by atomic mass is 10.2. The smallest absolute Gasteiger partial charge is 0.147 e. The van der Waals surface area contributed by atoms with Gasteiger partial charge < -0.3 is 10.6 Å². The van der Waals surface area contributed by atoms with E-state index in [4.69, 9.17) is 22.7 Å². The van der Waals surface area contributed by atoms with Gasteiger partial charge in [0.15, 0.2) is 0 Å². The Balaban J connectivity index is 3.05. The highest BCUT2D eigenvalue weighted by molar-refractivity contribution is 6.36. The molecule has 16 heavy (non-hydrogen) atoms. The summed E-state index contributed by atoms with van der Waals surface area (Å²) < 4.78 is 0. The van der Waals surface area contributed by atoms with Crippen LogP contribution in [0.1, 0.15) is 19.4 Å². The van der Waals surface area contributed by atoms with Gasteiger partial charge in [0.05, 0.1) is 5.02 Å². The molecule has 0 saturated heterocycles. The Bertz CT molecular complexity index is 390. The van der Waals surface area contributed by atoms with Crippen molar-refractivity contribution in [3.63, 3.8) is 0 Å². The van der Waals surface area contributed by atoms with Crippen LogP contribution in [0.2, 0.25) is 5.02 Å². The topological polar surface area (TPSA) is 66.0 Å². The first-order valence-electron chi connectivity index (χ1n) is 5.13. The zero-order chi connectivity index (χ0) is 12.3. The molecule has 5 heteroatoms. The number of nitrogens with one attached hydrogen (secondary N) is 1. The third kappa shape index (κ3) is 2.85. The van der Waals surface area contributed by atoms with Crippen LogP contribution in [0.15, 0.2) is 12.3 Å². The first-order valence-corrected chi connectivity index (χ1v) is 5.51. The minimum absolute atomic E-state index is 0.0356. The van der Waals surface area contributed by atoms with E-state index in [9.17, 15) is 0 Å². The predicted molar refractivity (Wildman–Crippen MR) is 68.4 cm³/mol. The molecule has 0 fully saturated rings. The van der Waals surface area contributed by atoms with Crippen molar-refractivity contribution in [3.05, 3.63) is 22.8 Å². The number of rotatable bonds is 4. The number of pyridine rings is 1. The van der Waals surface area contributed by atoms with Gasteiger partial charge in [-0.3, -0.25) is 5.41 Å². The maximum absolute atomic E-state index is 7.40. The van der Waals surface area contributed by atoms with E-state index in [1.54, 1.807) is 12.3 Å². The number of amidine groups is 1. The Morgan fingerprint density at radius 3 is 2.75 bits per heavy atom. The van der Waals surface area contributed by atoms with Crippen LogP contribution in [0.25, 0.3) is 0 Å². The van der Waals surface area contributed by atoms with Gasteiger partial charge in [0.1, 0.15) is 11.7 Å². The summed E-state index contributed by atoms with van der Waals surface area (Å²) in [4.78, 5) is 6.19. The quantitative estimate of drug-likeness (QED) is 0.626. The second-order valence-electron chi connectivity index (χ2n) is 4.18. The van der Waals surface area contributed by atoms with Crippen molar-refractivity contribution in [2.45, 2.75) is 13.8 Å². The van der Waals surface area contributed by atoms with Crippen LogP contribution < -0.4 is 10.6 Å². The second kappa shape index (κ2) is 5.16. The predicted octanol–water partition coefficient (Wildman–Crippen LogP) is 2.11. The minimum atomic E-state index is -0.0356. The molecular formula is C11H17ClN4. The molecule has 1 aromatic heterocycles. The zero-order valence-corrected chi connectivity index (χ0v) is 10.5. The number of hydrogen-bond acceptors (Lipinski definition) is 3. The fourth-order valence-corrected chi connectivity index (χ4v) is 1.90. The molecule has 0 aliphatic heterocycles. The molecule has 88 valence electrons. The van der Waals surface area contributed by atoms with Crippen molar-refractivity contribution < 1.29 is 0 Å². The van der Waals surface area contributed by atoms with E-state index < -0.39 is 0 Å². The maximum atomic E-state index is 7.40. The van der Waals surface area contributed by atoms with Crippen LogP contribution >= 0.6 is 11.6 Å². The van der Waals surface area contributed by atoms with Crippen LogP contribution in [0.4, 0.5) is 5.82 Å². The van der Waals surface area contributed by atoms with Crippen molar-refractivity contribution in [1.82, 2.24) is 4.98 Å². The van der Waals surface area contributed by atoms with Crippen molar-refractivity contribution in [3.8, 4) is 0 Å². The fourth-order valence-electron chi connectivity index (χ4n) is 1.54. The molecular weight excluding hydrogens is 224 g/mol. The Kier molecular flexibility index (Phi) is 4.12. The highest BCUT2D eigenvalue weighted by atomic mass is 35.5. The van der Waals surface area contributed by atoms with Crippen molar-refractivity contribution >= 4 is 23.3 Å². The molecule has 1 heterocycles. The average Bonchev–Trinajstić information content (AvgIpc) is 2.16. The van der Waals surface area contributed by atoms with E-state index in [0.29, 0.717) is 22.3 Å². The molecule has 0 aliphatic rings. The molecule has 0 saturated carbocycles. The number of nitrogen functional groups attached to an aromatic ring is 1. The lowest BCUT2D eigenvalue weighted by Gasteiger charge is -2.22. The van der Waals surface area contributed by atoms with Gasteiger partial charge in [-0.1, -0.05) is 25.4 Å². The third-order valence-corrected chi connectivity index (χ3v) is 2.53. The molecule has 0 amide bonds. The summed E-state index contributed by atoms with van der Waals surface area (Å²) in [6.07, 6.45) is 1.62. The van der Waals surface area contributed by atoms with Crippen molar-refractivity contribution in [2.75, 3.05) is 18.5 Å². The summed E-state index contributed by atoms with van der Waals surface area (Å²) >= 11 is 6.16. The van der Waals surface area contributed by atoms with Gasteiger partial charge in [0, 0.05) is 25.4 Å². The third-order valence-electron chi connectivity index (χ3n) is 2.16. The average molecular weight is 241 g/mol. The molecule has 1 rings (SSSR count). The van der Waals surface area contributed by atoms with E-state index in [2.05, 4.69) is 18.8 Å². The van der Waals surface area contributed by atoms with Crippen LogP contribution in [0.5, 0.6) is 0 Å². The highest BCUT2D eigenvalue weighted by Gasteiger charge is 2.13. The number of anilines is 1. The zero-order valence-electron chi connectivity index (χ0n) is 9.79. The normalized spacial score (nSPS) is 10.6. The standard InChI is InChI=1S/C11H17ClN4/c1-7(2)6-16(3)11-9(12)8(10(13)14)4-5-15-11/h4-5,7H,6H2,1-3H3,(H3,13,14). The minimum Gasteiger partial charge on any atom is -0.384 e. The molecule has 0 bridgehead atoms. The Labute approximate surface area is 101 Å². The number of aromatic nitrogens is 1. The number of nitrogens with zero attached hydrogens (tertiary/aromatic N) is 2. The molecule has 0 unspecified atom stereocenters. The Hall–Kier alpha value is -1.29. The number of hydrogen-bond donors (Lipinski definition) is 2. The summed E-state index contributed by atoms with van der Waals surface area (Å²) in [5.41, 5.74) is 5.97.